The van der Waals surface area contributed by atoms with Crippen LogP contribution in [0.5, 0.6) is 0 Å². The Hall–Kier alpha value is -2.99. The van der Waals surface area contributed by atoms with E-state index in [9.17, 15) is 4.79 Å². The number of benzene rings is 1. The summed E-state index contributed by atoms with van der Waals surface area (Å²) in [5.41, 5.74) is 2.99. The van der Waals surface area contributed by atoms with Crippen molar-refractivity contribution in [3.63, 3.8) is 0 Å². The second-order valence-electron chi connectivity index (χ2n) is 6.33. The first kappa shape index (κ1) is 18.8. The molecule has 1 amide bonds. The molecule has 1 aromatic carbocycles. The largest absolute Gasteiger partial charge is 0.346 e. The van der Waals surface area contributed by atoms with Crippen LogP contribution in [0.4, 0.5) is 11.5 Å². The second kappa shape index (κ2) is 8.60. The van der Waals surface area contributed by atoms with Crippen molar-refractivity contribution in [1.82, 2.24) is 20.3 Å². The van der Waals surface area contributed by atoms with Gasteiger partial charge in [0.15, 0.2) is 0 Å². The fourth-order valence-corrected chi connectivity index (χ4v) is 2.80. The van der Waals surface area contributed by atoms with Gasteiger partial charge in [-0.05, 0) is 35.7 Å². The van der Waals surface area contributed by atoms with E-state index < -0.39 is 0 Å². The molecule has 2 heterocycles. The lowest BCUT2D eigenvalue weighted by atomic mass is 9.98. The molecular weight excluding hydrogens is 362 g/mol. The van der Waals surface area contributed by atoms with Gasteiger partial charge >= 0.3 is 0 Å². The van der Waals surface area contributed by atoms with Crippen molar-refractivity contribution in [3.8, 4) is 0 Å². The molecule has 0 aliphatic rings. The minimum Gasteiger partial charge on any atom is -0.346 e. The summed E-state index contributed by atoms with van der Waals surface area (Å²) in [4.78, 5) is 25.2. The summed E-state index contributed by atoms with van der Waals surface area (Å²) >= 11 is 6.02. The van der Waals surface area contributed by atoms with Gasteiger partial charge in [-0.2, -0.15) is 0 Å². The number of hydrogen-bond donors (Lipinski definition) is 2. The van der Waals surface area contributed by atoms with E-state index >= 15 is 0 Å². The van der Waals surface area contributed by atoms with Gasteiger partial charge in [0, 0.05) is 29.3 Å². The van der Waals surface area contributed by atoms with Gasteiger partial charge in [-0.1, -0.05) is 31.5 Å². The highest BCUT2D eigenvalue weighted by atomic mass is 35.5. The van der Waals surface area contributed by atoms with E-state index in [-0.39, 0.29) is 11.8 Å². The van der Waals surface area contributed by atoms with Crippen LogP contribution in [0.3, 0.4) is 0 Å². The fraction of sp³-hybridized carbons (Fsp3) is 0.200. The minimum absolute atomic E-state index is 0.158. The normalized spacial score (nSPS) is 10.7. The van der Waals surface area contributed by atoms with E-state index in [2.05, 4.69) is 25.6 Å². The van der Waals surface area contributed by atoms with Crippen LogP contribution in [-0.4, -0.2) is 20.9 Å². The van der Waals surface area contributed by atoms with Gasteiger partial charge in [-0.25, -0.2) is 4.98 Å². The van der Waals surface area contributed by atoms with Gasteiger partial charge < -0.3 is 10.6 Å². The molecule has 0 saturated carbocycles. The number of halogens is 1. The van der Waals surface area contributed by atoms with Crippen molar-refractivity contribution in [1.29, 1.82) is 0 Å². The Morgan fingerprint density at radius 3 is 2.70 bits per heavy atom. The average molecular weight is 382 g/mol. The van der Waals surface area contributed by atoms with Crippen molar-refractivity contribution < 1.29 is 4.79 Å². The zero-order valence-corrected chi connectivity index (χ0v) is 15.9. The quantitative estimate of drug-likeness (QED) is 0.664. The Bertz CT molecular complexity index is 931. The van der Waals surface area contributed by atoms with Crippen molar-refractivity contribution in [3.05, 3.63) is 77.0 Å². The molecule has 0 aliphatic carbocycles. The number of carbonyl (C=O) groups is 1. The summed E-state index contributed by atoms with van der Waals surface area (Å²) in [5, 5.41) is 6.73. The minimum atomic E-state index is -0.189. The summed E-state index contributed by atoms with van der Waals surface area (Å²) in [6, 6.07) is 9.29. The Morgan fingerprint density at radius 2 is 2.00 bits per heavy atom. The van der Waals surface area contributed by atoms with Crippen LogP contribution in [-0.2, 0) is 6.54 Å². The molecule has 7 heteroatoms. The van der Waals surface area contributed by atoms with E-state index in [1.165, 1.54) is 0 Å². The maximum Gasteiger partial charge on any atom is 0.253 e. The third kappa shape index (κ3) is 5.01. The van der Waals surface area contributed by atoms with Gasteiger partial charge in [0.25, 0.3) is 5.91 Å². The summed E-state index contributed by atoms with van der Waals surface area (Å²) in [6.45, 7) is 4.39. The Labute approximate surface area is 163 Å². The van der Waals surface area contributed by atoms with E-state index in [0.717, 1.165) is 11.3 Å². The van der Waals surface area contributed by atoms with Crippen LogP contribution in [0.15, 0.2) is 55.1 Å². The lowest BCUT2D eigenvalue weighted by molar-refractivity contribution is 0.0948. The first-order chi connectivity index (χ1) is 13.0. The number of nitrogens with zero attached hydrogens (tertiary/aromatic N) is 3. The number of aromatic nitrogens is 3. The molecule has 3 aromatic rings. The first-order valence-electron chi connectivity index (χ1n) is 8.58. The number of hydrogen-bond acceptors (Lipinski definition) is 5. The molecule has 0 spiro atoms. The number of carbonyl (C=O) groups excluding carboxylic acids is 1. The van der Waals surface area contributed by atoms with Crippen LogP contribution >= 0.6 is 11.6 Å². The van der Waals surface area contributed by atoms with Gasteiger partial charge in [0.2, 0.25) is 0 Å². The third-order valence-corrected chi connectivity index (χ3v) is 4.18. The highest BCUT2D eigenvalue weighted by Crippen LogP contribution is 2.25. The summed E-state index contributed by atoms with van der Waals surface area (Å²) < 4.78 is 0. The lowest BCUT2D eigenvalue weighted by Crippen LogP contribution is -2.25. The van der Waals surface area contributed by atoms with Crippen LogP contribution in [0.1, 0.15) is 41.4 Å². The second-order valence-corrected chi connectivity index (χ2v) is 6.76. The standard InChI is InChI=1S/C20H20ClN5O/c1-13(2)17-9-19(26-15-5-3-4-14(21)8-15)24-12-18(17)20(27)25-11-16-10-22-6-7-23-16/h3-10,12-13H,11H2,1-2H3,(H,24,26)(H,25,27). The van der Waals surface area contributed by atoms with Gasteiger partial charge in [-0.3, -0.25) is 14.8 Å². The van der Waals surface area contributed by atoms with E-state index in [1.54, 1.807) is 24.8 Å². The monoisotopic (exact) mass is 381 g/mol. The molecule has 0 bridgehead atoms. The Morgan fingerprint density at radius 1 is 1.15 bits per heavy atom. The van der Waals surface area contributed by atoms with Crippen LogP contribution in [0.2, 0.25) is 5.02 Å². The zero-order valence-electron chi connectivity index (χ0n) is 15.1. The number of rotatable bonds is 6. The van der Waals surface area contributed by atoms with Gasteiger partial charge in [-0.15, -0.1) is 0 Å². The number of amides is 1. The number of pyridine rings is 1. The highest BCUT2D eigenvalue weighted by Gasteiger charge is 2.16. The van der Waals surface area contributed by atoms with E-state index in [0.29, 0.717) is 28.6 Å². The van der Waals surface area contributed by atoms with E-state index in [1.807, 2.05) is 44.2 Å². The SMILES string of the molecule is CC(C)c1cc(Nc2cccc(Cl)c2)ncc1C(=O)NCc1cnccn1. The Kier molecular flexibility index (Phi) is 5.98. The van der Waals surface area contributed by atoms with Crippen molar-refractivity contribution >= 4 is 29.0 Å². The molecule has 0 radical (unpaired) electrons. The van der Waals surface area contributed by atoms with Crippen molar-refractivity contribution in [2.24, 2.45) is 0 Å². The predicted molar refractivity (Wildman–Crippen MR) is 106 cm³/mol. The molecule has 138 valence electrons. The predicted octanol–water partition coefficient (Wildman–Crippen LogP) is 4.32. The number of anilines is 2. The molecule has 3 rings (SSSR count). The van der Waals surface area contributed by atoms with Crippen LogP contribution < -0.4 is 10.6 Å². The fourth-order valence-electron chi connectivity index (χ4n) is 2.61. The third-order valence-electron chi connectivity index (χ3n) is 3.95. The molecule has 0 atom stereocenters. The zero-order chi connectivity index (χ0) is 19.2. The van der Waals surface area contributed by atoms with E-state index in [4.69, 9.17) is 11.6 Å². The molecule has 2 aromatic heterocycles. The lowest BCUT2D eigenvalue weighted by Gasteiger charge is -2.15. The number of nitrogens with one attached hydrogen (secondary N) is 2. The molecule has 0 saturated heterocycles. The van der Waals surface area contributed by atoms with Crippen molar-refractivity contribution in [2.75, 3.05) is 5.32 Å². The maximum absolute atomic E-state index is 12.6. The first-order valence-corrected chi connectivity index (χ1v) is 8.96. The summed E-state index contributed by atoms with van der Waals surface area (Å²) in [7, 11) is 0. The topological polar surface area (TPSA) is 79.8 Å². The van der Waals surface area contributed by atoms with Gasteiger partial charge in [0.1, 0.15) is 5.82 Å². The molecule has 0 fully saturated rings. The molecule has 27 heavy (non-hydrogen) atoms. The maximum atomic E-state index is 12.6. The molecule has 0 unspecified atom stereocenters. The van der Waals surface area contributed by atoms with Gasteiger partial charge in [0.05, 0.1) is 24.0 Å². The van der Waals surface area contributed by atoms with Crippen LogP contribution in [0.25, 0.3) is 0 Å². The molecular formula is C20H20ClN5O. The summed E-state index contributed by atoms with van der Waals surface area (Å²) in [6.07, 6.45) is 6.41. The van der Waals surface area contributed by atoms with Crippen LogP contribution in [0, 0.1) is 0 Å². The average Bonchev–Trinajstić information content (AvgIpc) is 2.67. The smallest absolute Gasteiger partial charge is 0.253 e. The molecule has 6 nitrogen and oxygen atoms in total. The molecule has 2 N–H and O–H groups in total. The summed E-state index contributed by atoms with van der Waals surface area (Å²) in [5.74, 6) is 0.628. The molecule has 0 aliphatic heterocycles. The van der Waals surface area contributed by atoms with Crippen molar-refractivity contribution in [2.45, 2.75) is 26.3 Å². The highest BCUT2D eigenvalue weighted by molar-refractivity contribution is 6.30. The Balaban J connectivity index is 1.78.